The van der Waals surface area contributed by atoms with Crippen molar-refractivity contribution in [2.45, 2.75) is 38.3 Å². The van der Waals surface area contributed by atoms with Gasteiger partial charge in [0.15, 0.2) is 0 Å². The molecule has 3 aromatic rings. The van der Waals surface area contributed by atoms with Gasteiger partial charge in [-0.25, -0.2) is 4.79 Å². The molecule has 2 fully saturated rings. The van der Waals surface area contributed by atoms with Gasteiger partial charge in [0, 0.05) is 35.3 Å². The van der Waals surface area contributed by atoms with Crippen molar-refractivity contribution in [3.63, 3.8) is 0 Å². The van der Waals surface area contributed by atoms with Crippen molar-refractivity contribution < 1.29 is 14.4 Å². The third-order valence-corrected chi connectivity index (χ3v) is 7.19. The third kappa shape index (κ3) is 3.72. The molecule has 2 aliphatic rings. The lowest BCUT2D eigenvalue weighted by atomic mass is 9.79. The van der Waals surface area contributed by atoms with Gasteiger partial charge in [0.25, 0.3) is 11.8 Å². The van der Waals surface area contributed by atoms with Gasteiger partial charge in [-0.1, -0.05) is 37.6 Å². The first-order valence-electron chi connectivity index (χ1n) is 11.5. The number of nitrogens with zero attached hydrogens (tertiary/aromatic N) is 3. The first kappa shape index (κ1) is 22.4. The van der Waals surface area contributed by atoms with E-state index in [1.165, 1.54) is 0 Å². The monoisotopic (exact) mass is 479 g/mol. The van der Waals surface area contributed by atoms with E-state index >= 15 is 0 Å². The van der Waals surface area contributed by atoms with Gasteiger partial charge < -0.3 is 10.2 Å². The summed E-state index contributed by atoms with van der Waals surface area (Å²) in [7, 11) is 0. The summed E-state index contributed by atoms with van der Waals surface area (Å²) in [6.07, 6.45) is 3.65. The Morgan fingerprint density at radius 2 is 1.82 bits per heavy atom. The summed E-state index contributed by atoms with van der Waals surface area (Å²) in [5.41, 5.74) is 1.00. The molecule has 1 atom stereocenters. The van der Waals surface area contributed by atoms with E-state index < -0.39 is 11.6 Å². The van der Waals surface area contributed by atoms with Crippen LogP contribution >= 0.6 is 11.6 Å². The number of hydrogen-bond acceptors (Lipinski definition) is 4. The fourth-order valence-electron chi connectivity index (χ4n) is 5.01. The first-order chi connectivity index (χ1) is 16.3. The molecule has 0 saturated carbocycles. The summed E-state index contributed by atoms with van der Waals surface area (Å²) in [6, 6.07) is 12.4. The Balaban J connectivity index is 1.27. The molecule has 2 aromatic carbocycles. The second-order valence-electron chi connectivity index (χ2n) is 9.28. The van der Waals surface area contributed by atoms with E-state index in [0.717, 1.165) is 23.7 Å². The Morgan fingerprint density at radius 1 is 1.12 bits per heavy atom. The van der Waals surface area contributed by atoms with Gasteiger partial charge in [-0.05, 0) is 54.7 Å². The number of aromatic nitrogens is 2. The number of fused-ring (bicyclic) bond motifs is 1. The van der Waals surface area contributed by atoms with E-state index in [0.29, 0.717) is 29.2 Å². The standard InChI is InChI=1S/C25H26ClN5O3/c1-15(2)25(23(33)27-24(34)28-25)18-5-3-16(4-6-18)22(32)30-11-9-20(10-12-30)31-14-17-13-19(26)7-8-21(17)29-31/h3-8,13-15,20H,9-12H2,1-2H3,(H2,27,28,33,34). The Labute approximate surface area is 202 Å². The number of benzene rings is 2. The molecule has 0 bridgehead atoms. The van der Waals surface area contributed by atoms with Crippen LogP contribution in [0.4, 0.5) is 4.79 Å². The number of nitrogens with one attached hydrogen (secondary N) is 2. The van der Waals surface area contributed by atoms with Gasteiger partial charge in [-0.15, -0.1) is 0 Å². The van der Waals surface area contributed by atoms with Gasteiger partial charge in [-0.3, -0.25) is 19.6 Å². The molecule has 34 heavy (non-hydrogen) atoms. The van der Waals surface area contributed by atoms with Crippen LogP contribution < -0.4 is 10.6 Å². The molecule has 0 radical (unpaired) electrons. The highest BCUT2D eigenvalue weighted by molar-refractivity contribution is 6.31. The number of piperidine rings is 1. The molecule has 8 nitrogen and oxygen atoms in total. The number of carbonyl (C=O) groups excluding carboxylic acids is 3. The smallest absolute Gasteiger partial charge is 0.322 e. The van der Waals surface area contributed by atoms with E-state index in [1.807, 2.05) is 47.8 Å². The molecule has 176 valence electrons. The average Bonchev–Trinajstić information content (AvgIpc) is 3.39. The fourth-order valence-corrected chi connectivity index (χ4v) is 5.19. The minimum absolute atomic E-state index is 0.0408. The number of halogens is 1. The van der Waals surface area contributed by atoms with Crippen molar-refractivity contribution in [2.24, 2.45) is 5.92 Å². The molecule has 9 heteroatoms. The zero-order valence-corrected chi connectivity index (χ0v) is 19.8. The van der Waals surface area contributed by atoms with Crippen LogP contribution in [0.25, 0.3) is 10.9 Å². The van der Waals surface area contributed by atoms with Gasteiger partial charge in [-0.2, -0.15) is 5.10 Å². The minimum atomic E-state index is -1.13. The summed E-state index contributed by atoms with van der Waals surface area (Å²) >= 11 is 6.09. The van der Waals surface area contributed by atoms with E-state index in [-0.39, 0.29) is 23.8 Å². The summed E-state index contributed by atoms with van der Waals surface area (Å²) in [5, 5.41) is 11.5. The third-order valence-electron chi connectivity index (χ3n) is 6.96. The number of urea groups is 1. The molecule has 5 rings (SSSR count). The van der Waals surface area contributed by atoms with Crippen molar-refractivity contribution in [3.05, 3.63) is 64.8 Å². The van der Waals surface area contributed by atoms with Gasteiger partial charge in [0.1, 0.15) is 5.54 Å². The predicted molar refractivity (Wildman–Crippen MR) is 129 cm³/mol. The highest BCUT2D eigenvalue weighted by Gasteiger charge is 2.50. The molecular weight excluding hydrogens is 454 g/mol. The molecule has 2 aliphatic heterocycles. The van der Waals surface area contributed by atoms with Crippen LogP contribution in [0.3, 0.4) is 0 Å². The highest BCUT2D eigenvalue weighted by atomic mass is 35.5. The predicted octanol–water partition coefficient (Wildman–Crippen LogP) is 3.86. The maximum atomic E-state index is 13.1. The maximum Gasteiger partial charge on any atom is 0.322 e. The van der Waals surface area contributed by atoms with Crippen molar-refractivity contribution in [1.82, 2.24) is 25.3 Å². The molecule has 4 amide bonds. The van der Waals surface area contributed by atoms with Gasteiger partial charge in [0.05, 0.1) is 11.6 Å². The Bertz CT molecular complexity index is 1280. The van der Waals surface area contributed by atoms with Crippen LogP contribution in [0, 0.1) is 5.92 Å². The summed E-state index contributed by atoms with van der Waals surface area (Å²) < 4.78 is 1.99. The molecule has 1 unspecified atom stereocenters. The zero-order chi connectivity index (χ0) is 24.0. The molecule has 2 N–H and O–H groups in total. The maximum absolute atomic E-state index is 13.1. The van der Waals surface area contributed by atoms with Crippen molar-refractivity contribution in [1.29, 1.82) is 0 Å². The average molecular weight is 480 g/mol. The lowest BCUT2D eigenvalue weighted by Crippen LogP contribution is -2.48. The van der Waals surface area contributed by atoms with Gasteiger partial charge in [0.2, 0.25) is 0 Å². The second-order valence-corrected chi connectivity index (χ2v) is 9.72. The van der Waals surface area contributed by atoms with Gasteiger partial charge >= 0.3 is 6.03 Å². The zero-order valence-electron chi connectivity index (χ0n) is 19.0. The fraction of sp³-hybridized carbons (Fsp3) is 0.360. The molecular formula is C25H26ClN5O3. The summed E-state index contributed by atoms with van der Waals surface area (Å²) in [6.45, 7) is 5.03. The highest BCUT2D eigenvalue weighted by Crippen LogP contribution is 2.33. The van der Waals surface area contributed by atoms with Crippen LogP contribution in [-0.4, -0.2) is 45.6 Å². The van der Waals surface area contributed by atoms with E-state index in [4.69, 9.17) is 11.6 Å². The van der Waals surface area contributed by atoms with Crippen LogP contribution in [0.2, 0.25) is 5.02 Å². The van der Waals surface area contributed by atoms with E-state index in [9.17, 15) is 14.4 Å². The molecule has 3 heterocycles. The Kier molecular flexibility index (Phi) is 5.56. The minimum Gasteiger partial charge on any atom is -0.338 e. The van der Waals surface area contributed by atoms with E-state index in [2.05, 4.69) is 15.7 Å². The number of imide groups is 1. The Morgan fingerprint density at radius 3 is 2.44 bits per heavy atom. The molecule has 2 saturated heterocycles. The lowest BCUT2D eigenvalue weighted by Gasteiger charge is -2.33. The topological polar surface area (TPSA) is 96.3 Å². The van der Waals surface area contributed by atoms with Crippen LogP contribution in [0.5, 0.6) is 0 Å². The number of likely N-dealkylation sites (tertiary alicyclic amines) is 1. The normalized spacial score (nSPS) is 21.2. The van der Waals surface area contributed by atoms with Crippen LogP contribution in [-0.2, 0) is 10.3 Å². The van der Waals surface area contributed by atoms with Crippen molar-refractivity contribution >= 4 is 40.3 Å². The van der Waals surface area contributed by atoms with Crippen molar-refractivity contribution in [2.75, 3.05) is 13.1 Å². The van der Waals surface area contributed by atoms with Crippen LogP contribution in [0.15, 0.2) is 48.7 Å². The first-order valence-corrected chi connectivity index (χ1v) is 11.8. The Hall–Kier alpha value is -3.39. The lowest BCUT2D eigenvalue weighted by molar-refractivity contribution is -0.125. The summed E-state index contributed by atoms with van der Waals surface area (Å²) in [4.78, 5) is 39.3. The second kappa shape index (κ2) is 8.43. The quantitative estimate of drug-likeness (QED) is 0.555. The van der Waals surface area contributed by atoms with Crippen molar-refractivity contribution in [3.8, 4) is 0 Å². The molecule has 0 spiro atoms. The molecule has 1 aromatic heterocycles. The largest absolute Gasteiger partial charge is 0.338 e. The van der Waals surface area contributed by atoms with Crippen LogP contribution in [0.1, 0.15) is 48.7 Å². The number of rotatable bonds is 4. The number of carbonyl (C=O) groups is 3. The molecule has 0 aliphatic carbocycles. The number of amides is 4. The van der Waals surface area contributed by atoms with E-state index in [1.54, 1.807) is 24.3 Å². The summed E-state index contributed by atoms with van der Waals surface area (Å²) in [5.74, 6) is -0.572. The SMILES string of the molecule is CC(C)C1(c2ccc(C(=O)N3CCC(n4cc5cc(Cl)ccc5n4)CC3)cc2)NC(=O)NC1=O. The number of hydrogen-bond donors (Lipinski definition) is 2.